The van der Waals surface area contributed by atoms with Gasteiger partial charge in [-0.15, -0.1) is 0 Å². The monoisotopic (exact) mass is 423 g/mol. The minimum Gasteiger partial charge on any atom is -0.474 e. The molecule has 2 N–H and O–H groups in total. The van der Waals surface area contributed by atoms with E-state index in [1.165, 1.54) is 0 Å². The smallest absolute Gasteiger partial charge is 0.269 e. The van der Waals surface area contributed by atoms with Crippen LogP contribution in [0.1, 0.15) is 28.7 Å². The van der Waals surface area contributed by atoms with E-state index < -0.39 is 0 Å². The van der Waals surface area contributed by atoms with Gasteiger partial charge in [0.1, 0.15) is 23.6 Å². The average molecular weight is 423 g/mol. The van der Waals surface area contributed by atoms with Gasteiger partial charge in [-0.2, -0.15) is 5.10 Å². The van der Waals surface area contributed by atoms with Crippen molar-refractivity contribution in [3.63, 3.8) is 0 Å². The highest BCUT2D eigenvalue weighted by Gasteiger charge is 2.34. The zero-order chi connectivity index (χ0) is 21.5. The van der Waals surface area contributed by atoms with Crippen LogP contribution >= 0.6 is 0 Å². The van der Waals surface area contributed by atoms with E-state index in [1.807, 2.05) is 25.3 Å². The van der Waals surface area contributed by atoms with Crippen molar-refractivity contribution < 1.29 is 9.53 Å². The zero-order valence-corrected chi connectivity index (χ0v) is 17.6. The summed E-state index contributed by atoms with van der Waals surface area (Å²) in [4.78, 5) is 35.8. The SMILES string of the molecule is CCc1cn2nc(CN3CCN4c5ccc(C(=O)NC)nc5OCC4C3)cc2[nH]c1=O. The van der Waals surface area contributed by atoms with Gasteiger partial charge in [-0.25, -0.2) is 9.50 Å². The number of nitrogens with zero attached hydrogens (tertiary/aromatic N) is 5. The zero-order valence-electron chi connectivity index (χ0n) is 17.6. The van der Waals surface area contributed by atoms with Crippen molar-refractivity contribution >= 4 is 17.2 Å². The first-order chi connectivity index (χ1) is 15.1. The van der Waals surface area contributed by atoms with Crippen molar-refractivity contribution in [1.29, 1.82) is 0 Å². The Labute approximate surface area is 178 Å². The number of carbonyl (C=O) groups excluding carboxylic acids is 1. The number of fused-ring (bicyclic) bond motifs is 4. The van der Waals surface area contributed by atoms with Gasteiger partial charge in [0.25, 0.3) is 11.5 Å². The fourth-order valence-corrected chi connectivity index (χ4v) is 4.31. The topological polar surface area (TPSA) is 108 Å². The molecule has 2 aliphatic heterocycles. The van der Waals surface area contributed by atoms with Crippen molar-refractivity contribution in [1.82, 2.24) is 29.8 Å². The van der Waals surface area contributed by atoms with E-state index in [0.29, 0.717) is 36.8 Å². The number of pyridine rings is 1. The molecular formula is C21H25N7O3. The Morgan fingerprint density at radius 2 is 2.23 bits per heavy atom. The number of aryl methyl sites for hydroxylation is 1. The summed E-state index contributed by atoms with van der Waals surface area (Å²) in [5.41, 5.74) is 3.59. The minimum absolute atomic E-state index is 0.0544. The molecule has 5 heterocycles. The van der Waals surface area contributed by atoms with Crippen molar-refractivity contribution in [3.8, 4) is 5.88 Å². The van der Waals surface area contributed by atoms with Crippen molar-refractivity contribution in [2.75, 3.05) is 38.2 Å². The van der Waals surface area contributed by atoms with Crippen LogP contribution < -0.4 is 20.5 Å². The molecule has 0 aliphatic carbocycles. The third kappa shape index (κ3) is 3.52. The van der Waals surface area contributed by atoms with Gasteiger partial charge in [0.2, 0.25) is 5.88 Å². The van der Waals surface area contributed by atoms with Gasteiger partial charge in [0, 0.05) is 51.1 Å². The Kier molecular flexibility index (Phi) is 4.85. The lowest BCUT2D eigenvalue weighted by molar-refractivity contribution is 0.0956. The number of H-pyrrole nitrogens is 1. The van der Waals surface area contributed by atoms with Crippen molar-refractivity contribution in [2.24, 2.45) is 0 Å². The molecule has 10 heteroatoms. The van der Waals surface area contributed by atoms with Gasteiger partial charge < -0.3 is 19.9 Å². The quantitative estimate of drug-likeness (QED) is 0.626. The number of ether oxygens (including phenoxy) is 1. The Morgan fingerprint density at radius 1 is 1.35 bits per heavy atom. The van der Waals surface area contributed by atoms with E-state index in [9.17, 15) is 9.59 Å². The van der Waals surface area contributed by atoms with E-state index in [0.717, 1.165) is 36.6 Å². The number of aromatic amines is 1. The predicted molar refractivity (Wildman–Crippen MR) is 115 cm³/mol. The van der Waals surface area contributed by atoms with E-state index in [2.05, 4.69) is 30.2 Å². The van der Waals surface area contributed by atoms with Crippen LogP contribution in [0, 0.1) is 0 Å². The van der Waals surface area contributed by atoms with Gasteiger partial charge in [-0.05, 0) is 18.6 Å². The molecule has 1 amide bonds. The Bertz CT molecular complexity index is 1200. The summed E-state index contributed by atoms with van der Waals surface area (Å²) in [5, 5.41) is 7.23. The van der Waals surface area contributed by atoms with E-state index in [4.69, 9.17) is 4.74 Å². The molecular weight excluding hydrogens is 398 g/mol. The molecule has 0 aromatic carbocycles. The molecule has 1 fully saturated rings. The molecule has 1 atom stereocenters. The van der Waals surface area contributed by atoms with Gasteiger partial charge in [-0.3, -0.25) is 14.5 Å². The van der Waals surface area contributed by atoms with Gasteiger partial charge >= 0.3 is 0 Å². The lowest BCUT2D eigenvalue weighted by Gasteiger charge is -2.45. The summed E-state index contributed by atoms with van der Waals surface area (Å²) in [6.45, 7) is 5.73. The molecule has 3 aromatic rings. The minimum atomic E-state index is -0.224. The molecule has 10 nitrogen and oxygen atoms in total. The van der Waals surface area contributed by atoms with Crippen molar-refractivity contribution in [2.45, 2.75) is 25.9 Å². The summed E-state index contributed by atoms with van der Waals surface area (Å²) in [7, 11) is 1.59. The van der Waals surface area contributed by atoms with E-state index in [1.54, 1.807) is 17.6 Å². The summed E-state index contributed by atoms with van der Waals surface area (Å²) in [5.74, 6) is 0.292. The molecule has 3 aromatic heterocycles. The highest BCUT2D eigenvalue weighted by atomic mass is 16.5. The fourth-order valence-electron chi connectivity index (χ4n) is 4.31. The van der Waals surface area contributed by atoms with Crippen LogP contribution in [0.5, 0.6) is 5.88 Å². The van der Waals surface area contributed by atoms with E-state index >= 15 is 0 Å². The van der Waals surface area contributed by atoms with Crippen LogP contribution in [0.25, 0.3) is 5.65 Å². The number of rotatable bonds is 4. The Morgan fingerprint density at radius 3 is 3.03 bits per heavy atom. The second kappa shape index (κ2) is 7.69. The molecule has 162 valence electrons. The highest BCUT2D eigenvalue weighted by Crippen LogP contribution is 2.34. The van der Waals surface area contributed by atoms with Crippen LogP contribution in [0.15, 0.2) is 29.2 Å². The first kappa shape index (κ1) is 19.6. The maximum atomic E-state index is 12.0. The van der Waals surface area contributed by atoms with Gasteiger partial charge in [-0.1, -0.05) is 6.92 Å². The Hall–Kier alpha value is -3.40. The third-order valence-electron chi connectivity index (χ3n) is 5.95. The van der Waals surface area contributed by atoms with Gasteiger partial charge in [0.15, 0.2) is 0 Å². The molecule has 0 saturated carbocycles. The fraction of sp³-hybridized carbons (Fsp3) is 0.429. The number of amides is 1. The van der Waals surface area contributed by atoms with Crippen LogP contribution in [-0.4, -0.2) is 69.7 Å². The number of hydrogen-bond acceptors (Lipinski definition) is 7. The summed E-state index contributed by atoms with van der Waals surface area (Å²) in [6.07, 6.45) is 2.48. The number of carbonyl (C=O) groups is 1. The van der Waals surface area contributed by atoms with Crippen LogP contribution in [0.3, 0.4) is 0 Å². The lowest BCUT2D eigenvalue weighted by atomic mass is 10.1. The maximum absolute atomic E-state index is 12.0. The normalized spacial score (nSPS) is 18.4. The second-order valence-electron chi connectivity index (χ2n) is 7.92. The number of anilines is 1. The Balaban J connectivity index is 1.30. The molecule has 2 aliphatic rings. The molecule has 0 spiro atoms. The summed E-state index contributed by atoms with van der Waals surface area (Å²) < 4.78 is 7.65. The highest BCUT2D eigenvalue weighted by molar-refractivity contribution is 5.92. The molecule has 0 radical (unpaired) electrons. The third-order valence-corrected chi connectivity index (χ3v) is 5.95. The lowest BCUT2D eigenvalue weighted by Crippen LogP contribution is -2.57. The maximum Gasteiger partial charge on any atom is 0.269 e. The van der Waals surface area contributed by atoms with Crippen LogP contribution in [0.4, 0.5) is 5.69 Å². The molecule has 31 heavy (non-hydrogen) atoms. The summed E-state index contributed by atoms with van der Waals surface area (Å²) >= 11 is 0. The summed E-state index contributed by atoms with van der Waals surface area (Å²) in [6, 6.07) is 5.79. The second-order valence-corrected chi connectivity index (χ2v) is 7.92. The molecule has 0 bridgehead atoms. The standard InChI is InChI=1S/C21H25N7O3/c1-3-13-9-28-18(24-19(13)29)8-14(25-28)10-26-6-7-27-15(11-26)12-31-21-17(27)5-4-16(23-21)20(30)22-2/h4-5,8-9,15H,3,6-7,10-12H2,1-2H3,(H,22,30)(H,24,29). The van der Waals surface area contributed by atoms with Crippen LogP contribution in [-0.2, 0) is 13.0 Å². The van der Waals surface area contributed by atoms with Crippen LogP contribution in [0.2, 0.25) is 0 Å². The number of nitrogens with one attached hydrogen (secondary N) is 2. The molecule has 5 rings (SSSR count). The number of piperazine rings is 1. The molecule has 1 unspecified atom stereocenters. The van der Waals surface area contributed by atoms with Crippen molar-refractivity contribution in [3.05, 3.63) is 51.7 Å². The number of hydrogen-bond donors (Lipinski definition) is 2. The predicted octanol–water partition coefficient (Wildman–Crippen LogP) is 0.423. The van der Waals surface area contributed by atoms with E-state index in [-0.39, 0.29) is 17.5 Å². The number of aromatic nitrogens is 4. The first-order valence-corrected chi connectivity index (χ1v) is 10.5. The largest absolute Gasteiger partial charge is 0.474 e. The molecule has 1 saturated heterocycles. The first-order valence-electron chi connectivity index (χ1n) is 10.5. The van der Waals surface area contributed by atoms with Gasteiger partial charge in [0.05, 0.1) is 11.7 Å². The average Bonchev–Trinajstić information content (AvgIpc) is 3.17.